The molecule has 2 aromatic rings. The van der Waals surface area contributed by atoms with Gasteiger partial charge in [-0.15, -0.1) is 11.3 Å². The van der Waals surface area contributed by atoms with Gasteiger partial charge in [0.05, 0.1) is 17.4 Å². The van der Waals surface area contributed by atoms with Gasteiger partial charge in [-0.1, -0.05) is 24.8 Å². The van der Waals surface area contributed by atoms with Crippen molar-refractivity contribution in [3.8, 4) is 11.1 Å². The van der Waals surface area contributed by atoms with Crippen LogP contribution in [-0.2, 0) is 4.79 Å². The van der Waals surface area contributed by atoms with Crippen molar-refractivity contribution in [3.63, 3.8) is 0 Å². The molecule has 1 unspecified atom stereocenters. The highest BCUT2D eigenvalue weighted by Crippen LogP contribution is 2.35. The Hall–Kier alpha value is -3.10. The van der Waals surface area contributed by atoms with E-state index in [4.69, 9.17) is 28.2 Å². The molecule has 1 aromatic carbocycles. The number of nitrogens with two attached hydrogens (primary N) is 2. The van der Waals surface area contributed by atoms with E-state index >= 15 is 0 Å². The summed E-state index contributed by atoms with van der Waals surface area (Å²) in [7, 11) is 0. The number of carbonyl (C=O) groups is 2. The molecule has 1 heterocycles. The molecule has 0 amide bonds. The van der Waals surface area contributed by atoms with E-state index in [-0.39, 0.29) is 32.8 Å². The molecule has 6 nitrogen and oxygen atoms in total. The first-order chi connectivity index (χ1) is 13.7. The number of carboxylic acid groups (broad SMARTS) is 1. The monoisotopic (exact) mass is 437 g/mol. The molecule has 1 atom stereocenters. The van der Waals surface area contributed by atoms with Crippen molar-refractivity contribution in [2.45, 2.75) is 13.0 Å². The van der Waals surface area contributed by atoms with Crippen molar-refractivity contribution in [1.82, 2.24) is 5.32 Å². The van der Waals surface area contributed by atoms with E-state index < -0.39 is 11.8 Å². The van der Waals surface area contributed by atoms with Crippen LogP contribution in [0.2, 0.25) is 5.02 Å². The standard InChI is InChI=1S/C11H7ClFNO2S.C9H14N2O/c12-5-1-2-6(8(13)3-5)7-4-17-10(14)9(7)11(15)16;1-4-8(10)9(5-2)11-7(3)6-12/h1-4H,14H2,(H,15,16);4-7,11H,1-2,10H2,3H3/b;9-8-. The molecule has 0 saturated heterocycles. The van der Waals surface area contributed by atoms with Crippen LogP contribution in [-0.4, -0.2) is 23.4 Å². The molecule has 1 aromatic heterocycles. The average molecular weight is 438 g/mol. The fourth-order valence-electron chi connectivity index (χ4n) is 2.15. The summed E-state index contributed by atoms with van der Waals surface area (Å²) in [6, 6.07) is 3.80. The van der Waals surface area contributed by atoms with Crippen molar-refractivity contribution >= 4 is 40.2 Å². The zero-order valence-corrected chi connectivity index (χ0v) is 17.2. The Kier molecular flexibility index (Phi) is 9.11. The minimum absolute atomic E-state index is 0.0729. The summed E-state index contributed by atoms with van der Waals surface area (Å²) in [6.07, 6.45) is 3.85. The second kappa shape index (κ2) is 11.0. The van der Waals surface area contributed by atoms with Gasteiger partial charge in [-0.25, -0.2) is 9.18 Å². The topological polar surface area (TPSA) is 118 Å². The highest BCUT2D eigenvalue weighted by molar-refractivity contribution is 7.14. The maximum atomic E-state index is 13.7. The second-order valence-electron chi connectivity index (χ2n) is 5.66. The maximum Gasteiger partial charge on any atom is 0.339 e. The summed E-state index contributed by atoms with van der Waals surface area (Å²) in [6.45, 7) is 8.79. The third kappa shape index (κ3) is 6.48. The zero-order valence-electron chi connectivity index (χ0n) is 15.6. The normalized spacial score (nSPS) is 12.0. The van der Waals surface area contributed by atoms with Gasteiger partial charge in [0.2, 0.25) is 0 Å². The van der Waals surface area contributed by atoms with Gasteiger partial charge in [-0.2, -0.15) is 0 Å². The van der Waals surface area contributed by atoms with E-state index in [9.17, 15) is 14.0 Å². The van der Waals surface area contributed by atoms with Crippen molar-refractivity contribution in [2.24, 2.45) is 5.73 Å². The molecule has 0 aliphatic carbocycles. The van der Waals surface area contributed by atoms with Crippen LogP contribution in [0, 0.1) is 5.82 Å². The number of rotatable bonds is 7. The first-order valence-electron chi connectivity index (χ1n) is 8.18. The van der Waals surface area contributed by atoms with Gasteiger partial charge in [-0.05, 0) is 37.3 Å². The predicted molar refractivity (Wildman–Crippen MR) is 116 cm³/mol. The van der Waals surface area contributed by atoms with Crippen molar-refractivity contribution in [1.29, 1.82) is 0 Å². The largest absolute Gasteiger partial charge is 0.478 e. The number of nitrogen functional groups attached to an aromatic ring is 1. The summed E-state index contributed by atoms with van der Waals surface area (Å²) in [5, 5.41) is 13.8. The first kappa shape index (κ1) is 23.9. The number of hydrogen-bond donors (Lipinski definition) is 4. The van der Waals surface area contributed by atoms with Gasteiger partial charge in [-0.3, -0.25) is 0 Å². The molecule has 0 fully saturated rings. The zero-order chi connectivity index (χ0) is 22.1. The summed E-state index contributed by atoms with van der Waals surface area (Å²) >= 11 is 6.70. The van der Waals surface area contributed by atoms with Crippen molar-refractivity contribution < 1.29 is 19.1 Å². The molecule has 2 rings (SSSR count). The third-order valence-electron chi connectivity index (χ3n) is 3.58. The number of carboxylic acids is 1. The molecule has 0 aliphatic rings. The first-order valence-corrected chi connectivity index (χ1v) is 9.44. The fraction of sp³-hybridized carbons (Fsp3) is 0.100. The molecule has 0 radical (unpaired) electrons. The third-order valence-corrected chi connectivity index (χ3v) is 4.62. The smallest absolute Gasteiger partial charge is 0.339 e. The maximum absolute atomic E-state index is 13.7. The summed E-state index contributed by atoms with van der Waals surface area (Å²) in [4.78, 5) is 21.3. The van der Waals surface area contributed by atoms with Crippen molar-refractivity contribution in [3.05, 3.63) is 76.7 Å². The van der Waals surface area contributed by atoms with Gasteiger partial charge >= 0.3 is 5.97 Å². The average Bonchev–Trinajstić information content (AvgIpc) is 3.07. The van der Waals surface area contributed by atoms with E-state index in [0.717, 1.165) is 23.7 Å². The highest BCUT2D eigenvalue weighted by Gasteiger charge is 2.19. The van der Waals surface area contributed by atoms with Crippen LogP contribution in [0.4, 0.5) is 9.39 Å². The number of halogens is 2. The number of benzene rings is 1. The lowest BCUT2D eigenvalue weighted by atomic mass is 10.0. The SMILES string of the molecule is C=C/C(N)=C(\C=C)NC(C)C=O.Nc1scc(-c2ccc(Cl)cc2F)c1C(=O)O. The van der Waals surface area contributed by atoms with E-state index in [0.29, 0.717) is 11.4 Å². The minimum atomic E-state index is -1.17. The number of aldehydes is 1. The highest BCUT2D eigenvalue weighted by atomic mass is 35.5. The Bertz CT molecular complexity index is 956. The second-order valence-corrected chi connectivity index (χ2v) is 7.01. The Labute approximate surface area is 177 Å². The molecule has 0 spiro atoms. The lowest BCUT2D eigenvalue weighted by Crippen LogP contribution is -2.27. The molecule has 0 aliphatic heterocycles. The van der Waals surface area contributed by atoms with Crippen LogP contribution >= 0.6 is 22.9 Å². The van der Waals surface area contributed by atoms with Gasteiger partial charge < -0.3 is 26.7 Å². The van der Waals surface area contributed by atoms with Crippen molar-refractivity contribution in [2.75, 3.05) is 5.73 Å². The van der Waals surface area contributed by atoms with Crippen LogP contribution in [0.25, 0.3) is 11.1 Å². The molecule has 154 valence electrons. The van der Waals surface area contributed by atoms with Crippen LogP contribution < -0.4 is 16.8 Å². The number of aromatic carboxylic acids is 1. The molecular weight excluding hydrogens is 417 g/mol. The van der Waals surface area contributed by atoms with Gasteiger partial charge in [0.1, 0.15) is 22.7 Å². The van der Waals surface area contributed by atoms with E-state index in [2.05, 4.69) is 18.5 Å². The number of carbonyl (C=O) groups excluding carboxylic acids is 1. The van der Waals surface area contributed by atoms with Crippen LogP contribution in [0.5, 0.6) is 0 Å². The van der Waals surface area contributed by atoms with E-state index in [1.165, 1.54) is 23.6 Å². The Morgan fingerprint density at radius 1 is 1.34 bits per heavy atom. The van der Waals surface area contributed by atoms with Gasteiger partial charge in [0, 0.05) is 21.5 Å². The Morgan fingerprint density at radius 3 is 2.48 bits per heavy atom. The number of thiophene rings is 1. The predicted octanol–water partition coefficient (Wildman–Crippen LogP) is 4.19. The minimum Gasteiger partial charge on any atom is -0.478 e. The van der Waals surface area contributed by atoms with Crippen LogP contribution in [0.15, 0.2) is 60.3 Å². The summed E-state index contributed by atoms with van der Waals surface area (Å²) in [5.74, 6) is -1.74. The number of nitrogens with one attached hydrogen (secondary N) is 1. The molecule has 9 heteroatoms. The summed E-state index contributed by atoms with van der Waals surface area (Å²) in [5.41, 5.74) is 12.6. The van der Waals surface area contributed by atoms with E-state index in [1.807, 2.05) is 0 Å². The van der Waals surface area contributed by atoms with Crippen LogP contribution in [0.3, 0.4) is 0 Å². The lowest BCUT2D eigenvalue weighted by molar-refractivity contribution is -0.109. The Morgan fingerprint density at radius 2 is 2.00 bits per heavy atom. The molecule has 29 heavy (non-hydrogen) atoms. The van der Waals surface area contributed by atoms with Crippen LogP contribution in [0.1, 0.15) is 17.3 Å². The molecule has 6 N–H and O–H groups in total. The molecule has 0 saturated carbocycles. The number of anilines is 1. The quantitative estimate of drug-likeness (QED) is 0.381. The molecular formula is C20H21ClFN3O3S. The molecule has 0 bridgehead atoms. The lowest BCUT2D eigenvalue weighted by Gasteiger charge is -2.10. The number of hydrogen-bond acceptors (Lipinski definition) is 6. The Balaban J connectivity index is 0.000000311. The summed E-state index contributed by atoms with van der Waals surface area (Å²) < 4.78 is 13.7. The van der Waals surface area contributed by atoms with E-state index in [1.54, 1.807) is 13.0 Å². The van der Waals surface area contributed by atoms with Gasteiger partial charge in [0.15, 0.2) is 0 Å². The number of allylic oxidation sites excluding steroid dienone is 2. The van der Waals surface area contributed by atoms with Gasteiger partial charge in [0.25, 0.3) is 0 Å². The fourth-order valence-corrected chi connectivity index (χ4v) is 3.11.